The van der Waals surface area contributed by atoms with Crippen LogP contribution in [0.1, 0.15) is 41.6 Å². The van der Waals surface area contributed by atoms with Crippen LogP contribution in [0.3, 0.4) is 0 Å². The van der Waals surface area contributed by atoms with Gasteiger partial charge in [-0.05, 0) is 49.3 Å². The van der Waals surface area contributed by atoms with Gasteiger partial charge in [0.25, 0.3) is 11.8 Å². The molecule has 4 rings (SSSR count). The van der Waals surface area contributed by atoms with Crippen molar-refractivity contribution in [3.8, 4) is 5.75 Å². The smallest absolute Gasteiger partial charge is 0.322 e. The van der Waals surface area contributed by atoms with Gasteiger partial charge in [-0.15, -0.1) is 0 Å². The maximum absolute atomic E-state index is 12.9. The van der Waals surface area contributed by atoms with Gasteiger partial charge in [0.05, 0.1) is 19.8 Å². The van der Waals surface area contributed by atoms with Crippen LogP contribution in [-0.2, 0) is 11.3 Å². The minimum Gasteiger partial charge on any atom is -0.497 e. The first kappa shape index (κ1) is 17.8. The molecule has 2 aliphatic heterocycles. The number of imide groups is 1. The van der Waals surface area contributed by atoms with Gasteiger partial charge in [0.1, 0.15) is 11.3 Å². The molecular weight excluding hydrogens is 350 g/mol. The van der Waals surface area contributed by atoms with Crippen molar-refractivity contribution in [1.82, 2.24) is 15.5 Å². The fraction of sp³-hybridized carbons (Fsp3) is 0.526. The molecule has 27 heavy (non-hydrogen) atoms. The van der Waals surface area contributed by atoms with Crippen LogP contribution >= 0.6 is 0 Å². The molecule has 3 aliphatic rings. The van der Waals surface area contributed by atoms with Gasteiger partial charge in [0, 0.05) is 12.1 Å². The third-order valence-electron chi connectivity index (χ3n) is 6.00. The molecule has 1 atom stereocenters. The van der Waals surface area contributed by atoms with Gasteiger partial charge in [-0.25, -0.2) is 4.79 Å². The number of hydrogen-bond donors (Lipinski definition) is 3. The van der Waals surface area contributed by atoms with E-state index in [9.17, 15) is 19.5 Å². The van der Waals surface area contributed by atoms with Gasteiger partial charge in [-0.1, -0.05) is 6.07 Å². The number of carbonyl (C=O) groups is 3. The Morgan fingerprint density at radius 3 is 2.59 bits per heavy atom. The lowest BCUT2D eigenvalue weighted by Crippen LogP contribution is -2.60. The van der Waals surface area contributed by atoms with Crippen molar-refractivity contribution in [3.05, 3.63) is 29.3 Å². The molecule has 144 valence electrons. The Labute approximate surface area is 156 Å². The number of nitrogens with zero attached hydrogens (tertiary/aromatic N) is 1. The summed E-state index contributed by atoms with van der Waals surface area (Å²) in [7, 11) is 1.55. The van der Waals surface area contributed by atoms with E-state index in [1.165, 1.54) is 0 Å². The van der Waals surface area contributed by atoms with Gasteiger partial charge < -0.3 is 20.1 Å². The molecule has 0 aromatic heterocycles. The lowest BCUT2D eigenvalue weighted by molar-refractivity contribution is -0.127. The fourth-order valence-corrected chi connectivity index (χ4v) is 4.50. The molecular formula is C19H23N3O5. The largest absolute Gasteiger partial charge is 0.497 e. The Hall–Kier alpha value is -2.61. The van der Waals surface area contributed by atoms with Crippen LogP contribution in [0.15, 0.2) is 18.2 Å². The average Bonchev–Trinajstić information content (AvgIpc) is 3.12. The average molecular weight is 373 g/mol. The number of methoxy groups -OCH3 is 1. The maximum atomic E-state index is 12.9. The van der Waals surface area contributed by atoms with E-state index in [1.54, 1.807) is 24.1 Å². The minimum absolute atomic E-state index is 0.112. The van der Waals surface area contributed by atoms with Gasteiger partial charge in [-0.2, -0.15) is 0 Å². The Bertz CT molecular complexity index is 803. The first-order valence-electron chi connectivity index (χ1n) is 9.21. The van der Waals surface area contributed by atoms with E-state index in [4.69, 9.17) is 4.74 Å². The van der Waals surface area contributed by atoms with Gasteiger partial charge in [0.15, 0.2) is 0 Å². The molecule has 1 saturated heterocycles. The molecule has 4 amide bonds. The second-order valence-corrected chi connectivity index (χ2v) is 7.57. The zero-order chi connectivity index (χ0) is 19.2. The Morgan fingerprint density at radius 2 is 1.96 bits per heavy atom. The number of nitrogens with one attached hydrogen (secondary N) is 2. The van der Waals surface area contributed by atoms with Crippen molar-refractivity contribution in [3.63, 3.8) is 0 Å². The predicted molar refractivity (Wildman–Crippen MR) is 95.1 cm³/mol. The highest BCUT2D eigenvalue weighted by atomic mass is 16.5. The van der Waals surface area contributed by atoms with E-state index >= 15 is 0 Å². The van der Waals surface area contributed by atoms with Crippen LogP contribution in [0, 0.1) is 5.92 Å². The SMILES string of the molecule is COc1ccc2c(c1)C(=O)N(C[C@@]1(C3CCC(O)CC3)NC(=O)NC1=O)C2. The van der Waals surface area contributed by atoms with Crippen molar-refractivity contribution in [2.75, 3.05) is 13.7 Å². The summed E-state index contributed by atoms with van der Waals surface area (Å²) in [5, 5.41) is 14.9. The number of benzene rings is 1. The molecule has 1 aliphatic carbocycles. The highest BCUT2D eigenvalue weighted by Gasteiger charge is 2.54. The number of fused-ring (bicyclic) bond motifs is 1. The second kappa shape index (κ2) is 6.53. The van der Waals surface area contributed by atoms with Crippen LogP contribution in [0.5, 0.6) is 5.75 Å². The van der Waals surface area contributed by atoms with Crippen molar-refractivity contribution < 1.29 is 24.2 Å². The first-order valence-corrected chi connectivity index (χ1v) is 9.21. The number of urea groups is 1. The number of amides is 4. The van der Waals surface area contributed by atoms with Crippen molar-refractivity contribution in [2.24, 2.45) is 5.92 Å². The van der Waals surface area contributed by atoms with Crippen molar-refractivity contribution >= 4 is 17.8 Å². The standard InChI is InChI=1S/C19H23N3O5/c1-27-14-7-2-11-9-22(16(24)15(11)8-14)10-19(17(25)20-18(26)21-19)12-3-5-13(23)6-4-12/h2,7-8,12-13,23H,3-6,9-10H2,1H3,(H2,20,21,25,26)/t12?,13?,19-/m0/s1. The molecule has 3 N–H and O–H groups in total. The number of rotatable bonds is 4. The molecule has 8 heteroatoms. The number of ether oxygens (including phenoxy) is 1. The summed E-state index contributed by atoms with van der Waals surface area (Å²) in [6, 6.07) is 4.83. The molecule has 2 heterocycles. The molecule has 1 aromatic carbocycles. The molecule has 2 fully saturated rings. The summed E-state index contributed by atoms with van der Waals surface area (Å²) in [6.07, 6.45) is 2.04. The van der Waals surface area contributed by atoms with E-state index < -0.39 is 17.5 Å². The minimum atomic E-state index is -1.15. The van der Waals surface area contributed by atoms with Crippen LogP contribution < -0.4 is 15.4 Å². The summed E-state index contributed by atoms with van der Waals surface area (Å²) >= 11 is 0. The molecule has 0 spiro atoms. The Kier molecular flexibility index (Phi) is 4.30. The molecule has 0 bridgehead atoms. The van der Waals surface area contributed by atoms with Gasteiger partial charge in [-0.3, -0.25) is 14.9 Å². The zero-order valence-corrected chi connectivity index (χ0v) is 15.2. The summed E-state index contributed by atoms with van der Waals surface area (Å²) < 4.78 is 5.20. The second-order valence-electron chi connectivity index (χ2n) is 7.57. The summed E-state index contributed by atoms with van der Waals surface area (Å²) in [5.74, 6) is -0.0893. The first-order chi connectivity index (χ1) is 12.9. The molecule has 1 aromatic rings. The van der Waals surface area contributed by atoms with E-state index in [0.29, 0.717) is 43.5 Å². The number of hydrogen-bond acceptors (Lipinski definition) is 5. The Balaban J connectivity index is 1.60. The van der Waals surface area contributed by atoms with Gasteiger partial charge >= 0.3 is 6.03 Å². The van der Waals surface area contributed by atoms with Crippen molar-refractivity contribution in [1.29, 1.82) is 0 Å². The normalized spacial score (nSPS) is 30.1. The lowest BCUT2D eigenvalue weighted by atomic mass is 9.73. The van der Waals surface area contributed by atoms with E-state index in [-0.39, 0.29) is 24.5 Å². The zero-order valence-electron chi connectivity index (χ0n) is 15.2. The summed E-state index contributed by atoms with van der Waals surface area (Å²) in [5.41, 5.74) is 0.284. The van der Waals surface area contributed by atoms with Crippen LogP contribution in [0.2, 0.25) is 0 Å². The monoisotopic (exact) mass is 373 g/mol. The summed E-state index contributed by atoms with van der Waals surface area (Å²) in [4.78, 5) is 39.2. The van der Waals surface area contributed by atoms with E-state index in [1.807, 2.05) is 6.07 Å². The van der Waals surface area contributed by atoms with Crippen molar-refractivity contribution in [2.45, 2.75) is 43.9 Å². The predicted octanol–water partition coefficient (Wildman–Crippen LogP) is 0.780. The molecule has 8 nitrogen and oxygen atoms in total. The highest BCUT2D eigenvalue weighted by Crippen LogP contribution is 2.37. The van der Waals surface area contributed by atoms with Crippen LogP contribution in [0.4, 0.5) is 4.79 Å². The number of aliphatic hydroxyl groups excluding tert-OH is 1. The highest BCUT2D eigenvalue weighted by molar-refractivity contribution is 6.08. The van der Waals surface area contributed by atoms with E-state index in [2.05, 4.69) is 10.6 Å². The van der Waals surface area contributed by atoms with Crippen LogP contribution in [0.25, 0.3) is 0 Å². The third kappa shape index (κ3) is 2.93. The third-order valence-corrected chi connectivity index (χ3v) is 6.00. The lowest BCUT2D eigenvalue weighted by Gasteiger charge is -2.40. The topological polar surface area (TPSA) is 108 Å². The van der Waals surface area contributed by atoms with E-state index in [0.717, 1.165) is 5.56 Å². The molecule has 1 saturated carbocycles. The number of carbonyl (C=O) groups excluding carboxylic acids is 3. The van der Waals surface area contributed by atoms with Crippen LogP contribution in [-0.4, -0.2) is 53.1 Å². The molecule has 0 radical (unpaired) electrons. The maximum Gasteiger partial charge on any atom is 0.322 e. The molecule has 0 unspecified atom stereocenters. The summed E-state index contributed by atoms with van der Waals surface area (Å²) in [6.45, 7) is 0.500. The number of aliphatic hydroxyl groups is 1. The van der Waals surface area contributed by atoms with Gasteiger partial charge in [0.2, 0.25) is 0 Å². The fourth-order valence-electron chi connectivity index (χ4n) is 4.50. The Morgan fingerprint density at radius 1 is 1.22 bits per heavy atom. The quantitative estimate of drug-likeness (QED) is 0.676.